The zero-order valence-corrected chi connectivity index (χ0v) is 10.9. The van der Waals surface area contributed by atoms with Crippen LogP contribution >= 0.6 is 0 Å². The van der Waals surface area contributed by atoms with Crippen LogP contribution < -0.4 is 5.32 Å². The van der Waals surface area contributed by atoms with Gasteiger partial charge in [0.1, 0.15) is 5.66 Å². The molecule has 0 bridgehead atoms. The van der Waals surface area contributed by atoms with Crippen molar-refractivity contribution >= 4 is 6.29 Å². The molecule has 0 aromatic rings. The lowest BCUT2D eigenvalue weighted by Crippen LogP contribution is -2.66. The first-order valence-corrected chi connectivity index (χ1v) is 6.93. The van der Waals surface area contributed by atoms with Crippen molar-refractivity contribution in [2.24, 2.45) is 0 Å². The molecule has 2 aliphatic heterocycles. The van der Waals surface area contributed by atoms with Crippen LogP contribution in [-0.2, 0) is 4.79 Å². The molecule has 1 unspecified atom stereocenters. The number of piperidine rings is 1. The molecule has 2 rings (SSSR count). The van der Waals surface area contributed by atoms with Crippen LogP contribution in [0.25, 0.3) is 0 Å². The molecule has 4 nitrogen and oxygen atoms in total. The number of hydrogen-bond donors (Lipinski definition) is 1. The Balaban J connectivity index is 2.13. The highest BCUT2D eigenvalue weighted by molar-refractivity contribution is 5.64. The van der Waals surface area contributed by atoms with Crippen molar-refractivity contribution in [3.05, 3.63) is 0 Å². The summed E-state index contributed by atoms with van der Waals surface area (Å²) in [5, 5.41) is 3.35. The van der Waals surface area contributed by atoms with Crippen molar-refractivity contribution in [1.29, 1.82) is 0 Å². The highest BCUT2D eigenvalue weighted by Crippen LogP contribution is 2.26. The van der Waals surface area contributed by atoms with Gasteiger partial charge in [-0.1, -0.05) is 13.3 Å². The molecule has 2 saturated heterocycles. The summed E-state index contributed by atoms with van der Waals surface area (Å²) < 4.78 is 0. The minimum absolute atomic E-state index is 0.456. The Kier molecular flexibility index (Phi) is 4.54. The predicted octanol–water partition coefficient (Wildman–Crippen LogP) is 0.594. The lowest BCUT2D eigenvalue weighted by atomic mass is 9.99. The zero-order valence-electron chi connectivity index (χ0n) is 10.9. The molecule has 4 heteroatoms. The van der Waals surface area contributed by atoms with Crippen molar-refractivity contribution < 1.29 is 4.79 Å². The summed E-state index contributed by atoms with van der Waals surface area (Å²) in [5.74, 6) is 0. The van der Waals surface area contributed by atoms with Gasteiger partial charge in [0.15, 0.2) is 0 Å². The summed E-state index contributed by atoms with van der Waals surface area (Å²) in [6, 6.07) is 0. The van der Waals surface area contributed by atoms with E-state index in [-0.39, 0.29) is 0 Å². The number of piperazine rings is 1. The van der Waals surface area contributed by atoms with Gasteiger partial charge in [-0.15, -0.1) is 0 Å². The molecule has 17 heavy (non-hydrogen) atoms. The van der Waals surface area contributed by atoms with Crippen LogP contribution in [0.1, 0.15) is 32.6 Å². The lowest BCUT2D eigenvalue weighted by molar-refractivity contribution is -0.0276. The van der Waals surface area contributed by atoms with E-state index in [1.54, 1.807) is 0 Å². The molecule has 1 N–H and O–H groups in total. The molecule has 2 aliphatic rings. The Labute approximate surface area is 104 Å². The molecule has 0 aromatic heterocycles. The van der Waals surface area contributed by atoms with E-state index in [1.165, 1.54) is 19.3 Å². The number of nitrogens with zero attached hydrogens (tertiary/aromatic N) is 2. The smallest absolute Gasteiger partial charge is 0.236 e. The normalized spacial score (nSPS) is 27.6. The van der Waals surface area contributed by atoms with Gasteiger partial charge in [-0.25, -0.2) is 0 Å². The maximum atomic E-state index is 11.6. The van der Waals surface area contributed by atoms with E-state index in [4.69, 9.17) is 0 Å². The highest BCUT2D eigenvalue weighted by Gasteiger charge is 2.42. The fraction of sp³-hybridized carbons (Fsp3) is 0.923. The quantitative estimate of drug-likeness (QED) is 0.778. The van der Waals surface area contributed by atoms with E-state index in [9.17, 15) is 4.79 Å². The Morgan fingerprint density at radius 1 is 1.06 bits per heavy atom. The standard InChI is InChI=1S/C13H24N3O/c1-2-13(12-17,15-8-4-3-5-9-15)16-10-6-14-7-11-16/h14H,2-11H2,1H3. The van der Waals surface area contributed by atoms with Crippen molar-refractivity contribution in [3.63, 3.8) is 0 Å². The minimum Gasteiger partial charge on any atom is -0.314 e. The van der Waals surface area contributed by atoms with Gasteiger partial charge in [-0.05, 0) is 19.3 Å². The Morgan fingerprint density at radius 3 is 2.18 bits per heavy atom. The lowest BCUT2D eigenvalue weighted by Gasteiger charge is -2.49. The molecule has 0 spiro atoms. The number of nitrogens with one attached hydrogen (secondary N) is 1. The molecule has 0 aromatic carbocycles. The van der Waals surface area contributed by atoms with E-state index >= 15 is 0 Å². The van der Waals surface area contributed by atoms with Gasteiger partial charge in [0.25, 0.3) is 0 Å². The fourth-order valence-electron chi connectivity index (χ4n) is 3.15. The second-order valence-corrected chi connectivity index (χ2v) is 5.06. The summed E-state index contributed by atoms with van der Waals surface area (Å²) in [6.07, 6.45) is 6.96. The monoisotopic (exact) mass is 238 g/mol. The number of rotatable bonds is 4. The van der Waals surface area contributed by atoms with E-state index in [2.05, 4.69) is 28.3 Å². The third-order valence-corrected chi connectivity index (χ3v) is 4.18. The maximum Gasteiger partial charge on any atom is 0.236 e. The van der Waals surface area contributed by atoms with Crippen molar-refractivity contribution in [2.75, 3.05) is 39.3 Å². The van der Waals surface area contributed by atoms with Crippen molar-refractivity contribution in [2.45, 2.75) is 38.3 Å². The van der Waals surface area contributed by atoms with E-state index < -0.39 is 5.66 Å². The average molecular weight is 238 g/mol. The number of likely N-dealkylation sites (tertiary alicyclic amines) is 1. The van der Waals surface area contributed by atoms with Crippen LogP contribution in [-0.4, -0.2) is 61.0 Å². The summed E-state index contributed by atoms with van der Waals surface area (Å²) in [6.45, 7) is 8.09. The first-order chi connectivity index (χ1) is 8.33. The van der Waals surface area contributed by atoms with Gasteiger partial charge in [0.2, 0.25) is 6.29 Å². The first kappa shape index (κ1) is 13.0. The summed E-state index contributed by atoms with van der Waals surface area (Å²) >= 11 is 0. The molecule has 1 atom stereocenters. The van der Waals surface area contributed by atoms with Crippen LogP contribution in [0.15, 0.2) is 0 Å². The van der Waals surface area contributed by atoms with Gasteiger partial charge in [-0.3, -0.25) is 14.6 Å². The topological polar surface area (TPSA) is 35.6 Å². The second kappa shape index (κ2) is 5.94. The second-order valence-electron chi connectivity index (χ2n) is 5.06. The number of hydrogen-bond acceptors (Lipinski definition) is 4. The SMILES string of the molecule is CCC([C]=O)(N1CCCCC1)N1CCNCC1. The van der Waals surface area contributed by atoms with Crippen LogP contribution in [0.4, 0.5) is 0 Å². The molecule has 2 heterocycles. The van der Waals surface area contributed by atoms with Gasteiger partial charge < -0.3 is 5.32 Å². The number of carbonyl (C=O) groups excluding carboxylic acids is 1. The fourth-order valence-corrected chi connectivity index (χ4v) is 3.15. The molecular formula is C13H24N3O. The Morgan fingerprint density at radius 2 is 1.65 bits per heavy atom. The predicted molar refractivity (Wildman–Crippen MR) is 68.6 cm³/mol. The Hall–Kier alpha value is -0.450. The third kappa shape index (κ3) is 2.54. The van der Waals surface area contributed by atoms with E-state index in [1.807, 2.05) is 0 Å². The van der Waals surface area contributed by atoms with Crippen LogP contribution in [0.5, 0.6) is 0 Å². The molecule has 97 valence electrons. The summed E-state index contributed by atoms with van der Waals surface area (Å²) in [4.78, 5) is 16.3. The van der Waals surface area contributed by atoms with Gasteiger partial charge in [0.05, 0.1) is 0 Å². The molecule has 2 fully saturated rings. The van der Waals surface area contributed by atoms with Gasteiger partial charge >= 0.3 is 0 Å². The van der Waals surface area contributed by atoms with Gasteiger partial charge in [-0.2, -0.15) is 0 Å². The molecule has 0 aliphatic carbocycles. The third-order valence-electron chi connectivity index (χ3n) is 4.18. The Bertz CT molecular complexity index is 227. The minimum atomic E-state index is -0.456. The highest BCUT2D eigenvalue weighted by atomic mass is 16.1. The molecular weight excluding hydrogens is 214 g/mol. The molecule has 0 saturated carbocycles. The maximum absolute atomic E-state index is 11.6. The van der Waals surface area contributed by atoms with Crippen LogP contribution in [0.3, 0.4) is 0 Å². The van der Waals surface area contributed by atoms with E-state index in [0.29, 0.717) is 0 Å². The zero-order chi connectivity index (χ0) is 12.1. The van der Waals surface area contributed by atoms with Crippen LogP contribution in [0, 0.1) is 0 Å². The van der Waals surface area contributed by atoms with E-state index in [0.717, 1.165) is 45.7 Å². The molecule has 1 radical (unpaired) electrons. The summed E-state index contributed by atoms with van der Waals surface area (Å²) in [7, 11) is 0. The summed E-state index contributed by atoms with van der Waals surface area (Å²) in [5.41, 5.74) is -0.456. The van der Waals surface area contributed by atoms with Crippen molar-refractivity contribution in [3.8, 4) is 0 Å². The average Bonchev–Trinajstić information content (AvgIpc) is 2.43. The van der Waals surface area contributed by atoms with Crippen LogP contribution in [0.2, 0.25) is 0 Å². The molecule has 0 amide bonds. The first-order valence-electron chi connectivity index (χ1n) is 6.93. The van der Waals surface area contributed by atoms with Gasteiger partial charge in [0, 0.05) is 39.3 Å². The largest absolute Gasteiger partial charge is 0.314 e. The van der Waals surface area contributed by atoms with Crippen molar-refractivity contribution in [1.82, 2.24) is 15.1 Å².